The van der Waals surface area contributed by atoms with Gasteiger partial charge in [0.05, 0.1) is 34.6 Å². The average Bonchev–Trinajstić information content (AvgIpc) is 3.80. The van der Waals surface area contributed by atoms with Gasteiger partial charge in [-0.2, -0.15) is 0 Å². The number of para-hydroxylation sites is 2. The van der Waals surface area contributed by atoms with Crippen LogP contribution in [0.5, 0.6) is 11.5 Å². The number of aromatic nitrogens is 3. The van der Waals surface area contributed by atoms with E-state index in [0.29, 0.717) is 0 Å². The van der Waals surface area contributed by atoms with Crippen molar-refractivity contribution >= 4 is 60.7 Å². The van der Waals surface area contributed by atoms with E-state index in [4.69, 9.17) is 9.72 Å². The first-order chi connectivity index (χ1) is 26.2. The lowest BCUT2D eigenvalue weighted by atomic mass is 9.86. The molecule has 10 rings (SSSR count). The first-order valence-electron chi connectivity index (χ1n) is 18.6. The largest absolute Gasteiger partial charge is 0.457 e. The number of pyridine rings is 1. The highest BCUT2D eigenvalue weighted by atomic mass is 16.5. The van der Waals surface area contributed by atoms with Crippen LogP contribution in [-0.4, -0.2) is 27.8 Å². The molecule has 0 atom stereocenters. The van der Waals surface area contributed by atoms with Gasteiger partial charge >= 0.3 is 0 Å². The average molecular weight is 704 g/mol. The highest BCUT2D eigenvalue weighted by molar-refractivity contribution is 6.11. The summed E-state index contributed by atoms with van der Waals surface area (Å²) >= 11 is 0. The van der Waals surface area contributed by atoms with Crippen molar-refractivity contribution in [1.82, 2.24) is 14.1 Å². The highest BCUT2D eigenvalue weighted by Crippen LogP contribution is 2.45. The topological polar surface area (TPSA) is 38.5 Å². The van der Waals surface area contributed by atoms with Gasteiger partial charge < -0.3 is 19.1 Å². The van der Waals surface area contributed by atoms with Crippen LogP contribution in [0.15, 0.2) is 146 Å². The van der Waals surface area contributed by atoms with Crippen molar-refractivity contribution in [2.45, 2.75) is 26.2 Å². The fourth-order valence-corrected chi connectivity index (χ4v) is 8.25. The second-order valence-electron chi connectivity index (χ2n) is 15.6. The van der Waals surface area contributed by atoms with E-state index >= 15 is 0 Å². The molecule has 0 bridgehead atoms. The van der Waals surface area contributed by atoms with Crippen molar-refractivity contribution < 1.29 is 4.74 Å². The molecule has 1 aliphatic rings. The van der Waals surface area contributed by atoms with Gasteiger partial charge in [-0.3, -0.25) is 4.57 Å². The summed E-state index contributed by atoms with van der Waals surface area (Å²) in [6.07, 6.45) is 2.02. The number of anilines is 3. The Balaban J connectivity index is 1.08. The van der Waals surface area contributed by atoms with E-state index in [0.717, 1.165) is 57.0 Å². The summed E-state index contributed by atoms with van der Waals surface area (Å²) in [5.41, 5.74) is 11.6. The molecular formula is C48H41N5O. The van der Waals surface area contributed by atoms with Crippen LogP contribution >= 0.6 is 0 Å². The molecule has 0 spiro atoms. The Hall–Kier alpha value is -6.53. The third-order valence-electron chi connectivity index (χ3n) is 11.1. The Labute approximate surface area is 315 Å². The van der Waals surface area contributed by atoms with E-state index in [1.54, 1.807) is 0 Å². The normalized spacial score (nSPS) is 13.1. The van der Waals surface area contributed by atoms with Crippen LogP contribution in [0.4, 0.5) is 17.1 Å². The minimum atomic E-state index is -0.0864. The van der Waals surface area contributed by atoms with Crippen molar-refractivity contribution in [2.24, 2.45) is 7.05 Å². The summed E-state index contributed by atoms with van der Waals surface area (Å²) in [6, 6.07) is 49.8. The number of aryl methyl sites for hydroxylation is 1. The van der Waals surface area contributed by atoms with E-state index in [-0.39, 0.29) is 5.41 Å². The highest BCUT2D eigenvalue weighted by Gasteiger charge is 2.27. The zero-order chi connectivity index (χ0) is 36.7. The van der Waals surface area contributed by atoms with E-state index in [1.807, 2.05) is 6.20 Å². The van der Waals surface area contributed by atoms with Gasteiger partial charge in [0.1, 0.15) is 17.3 Å². The number of nitrogens with zero attached hydrogens (tertiary/aromatic N) is 5. The second kappa shape index (κ2) is 12.0. The lowest BCUT2D eigenvalue weighted by Gasteiger charge is -2.26. The molecule has 3 aromatic heterocycles. The Morgan fingerprint density at radius 3 is 2.07 bits per heavy atom. The minimum Gasteiger partial charge on any atom is -0.457 e. The zero-order valence-corrected chi connectivity index (χ0v) is 31.2. The van der Waals surface area contributed by atoms with Crippen molar-refractivity contribution in [3.05, 3.63) is 151 Å². The van der Waals surface area contributed by atoms with Gasteiger partial charge in [-0.05, 0) is 70.6 Å². The monoisotopic (exact) mass is 703 g/mol. The second-order valence-corrected chi connectivity index (χ2v) is 15.6. The van der Waals surface area contributed by atoms with Crippen molar-refractivity contribution in [3.63, 3.8) is 0 Å². The van der Waals surface area contributed by atoms with Gasteiger partial charge in [0.15, 0.2) is 0 Å². The van der Waals surface area contributed by atoms with Crippen LogP contribution in [0.2, 0.25) is 0 Å². The molecule has 0 unspecified atom stereocenters. The quantitative estimate of drug-likeness (QED) is 0.179. The molecule has 0 aliphatic carbocycles. The number of hydrogen-bond acceptors (Lipinski definition) is 4. The van der Waals surface area contributed by atoms with Crippen LogP contribution in [0.25, 0.3) is 60.6 Å². The van der Waals surface area contributed by atoms with Gasteiger partial charge in [0.2, 0.25) is 0 Å². The predicted molar refractivity (Wildman–Crippen MR) is 225 cm³/mol. The maximum Gasteiger partial charge on any atom is 0.139 e. The number of ether oxygens (including phenoxy) is 1. The number of benzene rings is 6. The molecule has 54 heavy (non-hydrogen) atoms. The summed E-state index contributed by atoms with van der Waals surface area (Å²) < 4.78 is 11.4. The van der Waals surface area contributed by atoms with E-state index in [1.165, 1.54) is 44.4 Å². The van der Waals surface area contributed by atoms with Crippen LogP contribution < -0.4 is 14.5 Å². The molecular weight excluding hydrogens is 663 g/mol. The molecule has 0 amide bonds. The lowest BCUT2D eigenvalue weighted by molar-refractivity contribution is 0.479. The molecule has 6 nitrogen and oxygen atoms in total. The maximum absolute atomic E-state index is 6.87. The zero-order valence-electron chi connectivity index (χ0n) is 31.2. The fraction of sp³-hybridized carbons (Fsp3) is 0.146. The molecule has 9 aromatic rings. The number of hydrogen-bond donors (Lipinski definition) is 0. The first kappa shape index (κ1) is 32.1. The summed E-state index contributed by atoms with van der Waals surface area (Å²) in [7, 11) is 4.29. The summed E-state index contributed by atoms with van der Waals surface area (Å²) in [5, 5.41) is 4.71. The van der Waals surface area contributed by atoms with Gasteiger partial charge in [-0.15, -0.1) is 0 Å². The molecule has 1 aliphatic heterocycles. The van der Waals surface area contributed by atoms with Crippen molar-refractivity contribution in [3.8, 4) is 28.4 Å². The van der Waals surface area contributed by atoms with Crippen molar-refractivity contribution in [2.75, 3.05) is 23.5 Å². The first-order valence-corrected chi connectivity index (χ1v) is 18.6. The predicted octanol–water partition coefficient (Wildman–Crippen LogP) is 12.1. The molecule has 6 aromatic carbocycles. The van der Waals surface area contributed by atoms with Crippen molar-refractivity contribution in [1.29, 1.82) is 0 Å². The molecule has 4 heterocycles. The SMILES string of the molecule is CN1CN(c2cc(Oc3ccc4c5ccccc5n(-c5cc6c(cn5)c5ccccc5n6C)c4c3)cc(C(C)(C)C)c2)c2cc(-c3ccccc3)ccc21. The van der Waals surface area contributed by atoms with Crippen LogP contribution in [0.3, 0.4) is 0 Å². The van der Waals surface area contributed by atoms with Crippen LogP contribution in [0, 0.1) is 0 Å². The van der Waals surface area contributed by atoms with Crippen LogP contribution in [0.1, 0.15) is 26.3 Å². The Kier molecular flexibility index (Phi) is 7.15. The van der Waals surface area contributed by atoms with Gasteiger partial charge in [0, 0.05) is 71.2 Å². The minimum absolute atomic E-state index is 0.0864. The van der Waals surface area contributed by atoms with Gasteiger partial charge in [-0.25, -0.2) is 4.98 Å². The van der Waals surface area contributed by atoms with E-state index < -0.39 is 0 Å². The number of rotatable bonds is 5. The third-order valence-corrected chi connectivity index (χ3v) is 11.1. The van der Waals surface area contributed by atoms with Crippen LogP contribution in [-0.2, 0) is 12.5 Å². The molecule has 0 fully saturated rings. The Morgan fingerprint density at radius 2 is 1.28 bits per heavy atom. The molecule has 0 saturated carbocycles. The summed E-state index contributed by atoms with van der Waals surface area (Å²) in [4.78, 5) is 9.78. The lowest BCUT2D eigenvalue weighted by Crippen LogP contribution is -2.24. The fourth-order valence-electron chi connectivity index (χ4n) is 8.25. The molecule has 0 N–H and O–H groups in total. The smallest absolute Gasteiger partial charge is 0.139 e. The molecule has 6 heteroatoms. The Morgan fingerprint density at radius 1 is 0.556 bits per heavy atom. The van der Waals surface area contributed by atoms with E-state index in [2.05, 4.69) is 193 Å². The standard InChI is InChI=1S/C48H41N5O/c1-48(2,3)33-24-34(52-30-50(4)43-22-19-32(23-46(43)52)31-13-7-6-8-14-31)26-36(25-33)54-35-20-21-39-37-15-10-12-18-42(37)53(45(39)27-35)47-28-44-40(29-49-47)38-16-9-11-17-41(38)51(44)5/h6-29H,30H2,1-5H3. The van der Waals surface area contributed by atoms with Gasteiger partial charge in [0.25, 0.3) is 0 Å². The molecule has 0 saturated heterocycles. The Bertz CT molecular complexity index is 2910. The van der Waals surface area contributed by atoms with Gasteiger partial charge in [-0.1, -0.05) is 93.6 Å². The summed E-state index contributed by atoms with van der Waals surface area (Å²) in [6.45, 7) is 7.53. The van der Waals surface area contributed by atoms with E-state index in [9.17, 15) is 0 Å². The summed E-state index contributed by atoms with van der Waals surface area (Å²) in [5.74, 6) is 2.46. The third kappa shape index (κ3) is 5.12. The molecule has 264 valence electrons. The maximum atomic E-state index is 6.87. The molecule has 0 radical (unpaired) electrons. The number of fused-ring (bicyclic) bond motifs is 7.